The van der Waals surface area contributed by atoms with Crippen molar-refractivity contribution in [2.24, 2.45) is 5.73 Å². The highest BCUT2D eigenvalue weighted by Gasteiger charge is 1.94. The second-order valence-electron chi connectivity index (χ2n) is 2.27. The summed E-state index contributed by atoms with van der Waals surface area (Å²) in [5, 5.41) is 9.65. The SMILES string of the molecule is C.COc1cccc(NC(=N)N)c1. The van der Waals surface area contributed by atoms with Crippen LogP contribution in [0.25, 0.3) is 0 Å². The molecule has 0 aliphatic rings. The largest absolute Gasteiger partial charge is 0.497 e. The van der Waals surface area contributed by atoms with Crippen LogP contribution in [0.5, 0.6) is 5.75 Å². The van der Waals surface area contributed by atoms with Gasteiger partial charge in [0.15, 0.2) is 5.96 Å². The number of anilines is 1. The van der Waals surface area contributed by atoms with E-state index in [1.165, 1.54) is 0 Å². The lowest BCUT2D eigenvalue weighted by molar-refractivity contribution is 0.415. The van der Waals surface area contributed by atoms with Crippen molar-refractivity contribution < 1.29 is 4.74 Å². The van der Waals surface area contributed by atoms with E-state index in [0.29, 0.717) is 0 Å². The molecule has 0 amide bonds. The van der Waals surface area contributed by atoms with Crippen LogP contribution < -0.4 is 15.8 Å². The van der Waals surface area contributed by atoms with E-state index in [9.17, 15) is 0 Å². The molecule has 0 unspecified atom stereocenters. The lowest BCUT2D eigenvalue weighted by Crippen LogP contribution is -2.20. The molecule has 0 heterocycles. The summed E-state index contributed by atoms with van der Waals surface area (Å²) in [5.41, 5.74) is 5.90. The first-order valence-corrected chi connectivity index (χ1v) is 3.47. The van der Waals surface area contributed by atoms with E-state index in [1.54, 1.807) is 13.2 Å². The fraction of sp³-hybridized carbons (Fsp3) is 0.222. The zero-order valence-corrected chi connectivity index (χ0v) is 6.79. The maximum absolute atomic E-state index is 6.99. The number of hydrogen-bond donors (Lipinski definition) is 3. The van der Waals surface area contributed by atoms with Gasteiger partial charge in [-0.2, -0.15) is 0 Å². The van der Waals surface area contributed by atoms with Gasteiger partial charge in [-0.05, 0) is 12.1 Å². The summed E-state index contributed by atoms with van der Waals surface area (Å²) in [4.78, 5) is 0. The fourth-order valence-corrected chi connectivity index (χ4v) is 0.856. The Morgan fingerprint density at radius 3 is 2.77 bits per heavy atom. The van der Waals surface area contributed by atoms with Crippen LogP contribution >= 0.6 is 0 Å². The summed E-state index contributed by atoms with van der Waals surface area (Å²) >= 11 is 0. The number of nitrogens with two attached hydrogens (primary N) is 1. The lowest BCUT2D eigenvalue weighted by atomic mass is 10.3. The van der Waals surface area contributed by atoms with Gasteiger partial charge in [0.2, 0.25) is 0 Å². The number of hydrogen-bond acceptors (Lipinski definition) is 2. The van der Waals surface area contributed by atoms with E-state index in [0.717, 1.165) is 11.4 Å². The highest BCUT2D eigenvalue weighted by molar-refractivity contribution is 5.89. The average molecular weight is 181 g/mol. The van der Waals surface area contributed by atoms with Gasteiger partial charge < -0.3 is 15.8 Å². The van der Waals surface area contributed by atoms with Crippen LogP contribution in [0.4, 0.5) is 5.69 Å². The third-order valence-electron chi connectivity index (χ3n) is 1.35. The molecule has 0 saturated heterocycles. The van der Waals surface area contributed by atoms with Crippen molar-refractivity contribution in [3.63, 3.8) is 0 Å². The number of guanidine groups is 1. The van der Waals surface area contributed by atoms with Gasteiger partial charge in [-0.25, -0.2) is 0 Å². The van der Waals surface area contributed by atoms with Gasteiger partial charge in [-0.15, -0.1) is 0 Å². The normalized spacial score (nSPS) is 8.38. The fourth-order valence-electron chi connectivity index (χ4n) is 0.856. The molecule has 0 aromatic heterocycles. The molecule has 1 aromatic rings. The average Bonchev–Trinajstić information content (AvgIpc) is 2.03. The molecule has 4 heteroatoms. The first-order chi connectivity index (χ1) is 5.72. The van der Waals surface area contributed by atoms with Crippen molar-refractivity contribution in [3.8, 4) is 5.75 Å². The highest BCUT2D eigenvalue weighted by Crippen LogP contribution is 2.15. The van der Waals surface area contributed by atoms with Crippen LogP contribution in [0.2, 0.25) is 0 Å². The molecule has 0 bridgehead atoms. The molecule has 0 aliphatic carbocycles. The first kappa shape index (κ1) is 11.3. The molecule has 0 atom stereocenters. The van der Waals surface area contributed by atoms with Gasteiger partial charge in [0.05, 0.1) is 7.11 Å². The zero-order valence-electron chi connectivity index (χ0n) is 6.79. The zero-order chi connectivity index (χ0) is 8.97. The molecule has 0 radical (unpaired) electrons. The van der Waals surface area contributed by atoms with Crippen molar-refractivity contribution >= 4 is 11.6 Å². The lowest BCUT2D eigenvalue weighted by Gasteiger charge is -2.04. The summed E-state index contributed by atoms with van der Waals surface area (Å²) < 4.78 is 4.99. The Morgan fingerprint density at radius 1 is 1.54 bits per heavy atom. The van der Waals surface area contributed by atoms with E-state index in [1.807, 2.05) is 18.2 Å². The standard InChI is InChI=1S/C8H11N3O.CH4/c1-12-7-4-2-3-6(5-7)11-8(9)10;/h2-5H,1H3,(H4,9,10,11);1H4. The second-order valence-corrected chi connectivity index (χ2v) is 2.27. The number of rotatable bonds is 2. The van der Waals surface area contributed by atoms with Gasteiger partial charge in [0.25, 0.3) is 0 Å². The van der Waals surface area contributed by atoms with Gasteiger partial charge in [0, 0.05) is 11.8 Å². The van der Waals surface area contributed by atoms with Crippen LogP contribution in [-0.4, -0.2) is 13.1 Å². The third kappa shape index (κ3) is 3.46. The van der Waals surface area contributed by atoms with Crippen LogP contribution in [0, 0.1) is 5.41 Å². The second kappa shape index (κ2) is 5.03. The number of ether oxygens (including phenoxy) is 1. The van der Waals surface area contributed by atoms with E-state index in [4.69, 9.17) is 15.9 Å². The minimum absolute atomic E-state index is 0. The molecule has 1 rings (SSSR count). The summed E-state index contributed by atoms with van der Waals surface area (Å²) in [6, 6.07) is 7.22. The van der Waals surface area contributed by atoms with Crippen molar-refractivity contribution in [2.75, 3.05) is 12.4 Å². The Bertz CT molecular complexity index is 286. The molecular formula is C9H15N3O. The van der Waals surface area contributed by atoms with E-state index in [2.05, 4.69) is 5.32 Å². The van der Waals surface area contributed by atoms with Crippen molar-refractivity contribution in [2.45, 2.75) is 7.43 Å². The monoisotopic (exact) mass is 181 g/mol. The molecule has 0 spiro atoms. The topological polar surface area (TPSA) is 71.1 Å². The Morgan fingerprint density at radius 2 is 2.23 bits per heavy atom. The van der Waals surface area contributed by atoms with E-state index in [-0.39, 0.29) is 13.4 Å². The molecular weight excluding hydrogens is 166 g/mol. The number of nitrogens with one attached hydrogen (secondary N) is 2. The first-order valence-electron chi connectivity index (χ1n) is 3.47. The Kier molecular flexibility index (Phi) is 4.37. The summed E-state index contributed by atoms with van der Waals surface area (Å²) in [7, 11) is 1.59. The summed E-state index contributed by atoms with van der Waals surface area (Å²) in [6.07, 6.45) is 0. The molecule has 4 N–H and O–H groups in total. The number of benzene rings is 1. The van der Waals surface area contributed by atoms with Crippen LogP contribution in [0.1, 0.15) is 7.43 Å². The molecule has 4 nitrogen and oxygen atoms in total. The van der Waals surface area contributed by atoms with Crippen LogP contribution in [-0.2, 0) is 0 Å². The van der Waals surface area contributed by atoms with Crippen molar-refractivity contribution in [3.05, 3.63) is 24.3 Å². The predicted molar refractivity (Wildman–Crippen MR) is 55.3 cm³/mol. The molecule has 1 aromatic carbocycles. The minimum Gasteiger partial charge on any atom is -0.497 e. The quantitative estimate of drug-likeness (QED) is 0.479. The molecule has 72 valence electrons. The van der Waals surface area contributed by atoms with E-state index >= 15 is 0 Å². The van der Waals surface area contributed by atoms with Gasteiger partial charge >= 0.3 is 0 Å². The Labute approximate surface area is 78.2 Å². The number of methoxy groups -OCH3 is 1. The molecule has 0 saturated carbocycles. The Hall–Kier alpha value is -1.71. The van der Waals surface area contributed by atoms with Crippen molar-refractivity contribution in [1.29, 1.82) is 5.41 Å². The minimum atomic E-state index is -0.0803. The summed E-state index contributed by atoms with van der Waals surface area (Å²) in [5.74, 6) is 0.657. The van der Waals surface area contributed by atoms with Gasteiger partial charge in [-0.3, -0.25) is 5.41 Å². The molecule has 13 heavy (non-hydrogen) atoms. The Balaban J connectivity index is 0.00000144. The predicted octanol–water partition coefficient (Wildman–Crippen LogP) is 1.64. The maximum atomic E-state index is 6.99. The maximum Gasteiger partial charge on any atom is 0.190 e. The molecule has 0 aliphatic heterocycles. The van der Waals surface area contributed by atoms with Gasteiger partial charge in [-0.1, -0.05) is 13.5 Å². The van der Waals surface area contributed by atoms with Crippen LogP contribution in [0.15, 0.2) is 24.3 Å². The highest BCUT2D eigenvalue weighted by atomic mass is 16.5. The third-order valence-corrected chi connectivity index (χ3v) is 1.35. The molecule has 0 fully saturated rings. The van der Waals surface area contributed by atoms with E-state index < -0.39 is 0 Å². The van der Waals surface area contributed by atoms with Crippen molar-refractivity contribution in [1.82, 2.24) is 0 Å². The van der Waals surface area contributed by atoms with Gasteiger partial charge in [0.1, 0.15) is 5.75 Å². The summed E-state index contributed by atoms with van der Waals surface area (Å²) in [6.45, 7) is 0. The smallest absolute Gasteiger partial charge is 0.190 e. The van der Waals surface area contributed by atoms with Crippen LogP contribution in [0.3, 0.4) is 0 Å².